The Labute approximate surface area is 200 Å². The Morgan fingerprint density at radius 1 is 1.06 bits per heavy atom. The molecule has 5 aliphatic rings. The lowest BCUT2D eigenvalue weighted by molar-refractivity contribution is -0.240. The maximum Gasteiger partial charge on any atom is 0.309 e. The minimum atomic E-state index is -0.337. The molecule has 4 nitrogen and oxygen atoms in total. The van der Waals surface area contributed by atoms with Gasteiger partial charge in [-0.3, -0.25) is 4.79 Å². The van der Waals surface area contributed by atoms with E-state index in [4.69, 9.17) is 4.74 Å². The lowest BCUT2D eigenvalue weighted by Crippen LogP contribution is -2.66. The molecule has 0 unspecified atom stereocenters. The van der Waals surface area contributed by atoms with Gasteiger partial charge in [0, 0.05) is 5.92 Å². The van der Waals surface area contributed by atoms with Crippen LogP contribution >= 0.6 is 0 Å². The molecule has 1 aliphatic heterocycles. The third-order valence-corrected chi connectivity index (χ3v) is 12.0. The summed E-state index contributed by atoms with van der Waals surface area (Å²) in [6, 6.07) is 0. The van der Waals surface area contributed by atoms with E-state index in [1.165, 1.54) is 5.57 Å². The summed E-state index contributed by atoms with van der Waals surface area (Å²) in [7, 11) is 0. The molecule has 0 aromatic heterocycles. The van der Waals surface area contributed by atoms with Crippen molar-refractivity contribution in [3.63, 3.8) is 0 Å². The Kier molecular flexibility index (Phi) is 5.65. The number of hydrogen-bond acceptors (Lipinski definition) is 4. The molecule has 4 heteroatoms. The van der Waals surface area contributed by atoms with E-state index in [1.807, 2.05) is 0 Å². The summed E-state index contributed by atoms with van der Waals surface area (Å²) in [6.07, 6.45) is 9.35. The summed E-state index contributed by atoms with van der Waals surface area (Å²) < 4.78 is 6.06. The van der Waals surface area contributed by atoms with Crippen LogP contribution in [0.4, 0.5) is 0 Å². The number of ether oxygens (including phenoxy) is 1. The third-order valence-electron chi connectivity index (χ3n) is 12.0. The first kappa shape index (κ1) is 23.9. The van der Waals surface area contributed by atoms with Crippen molar-refractivity contribution in [3.8, 4) is 0 Å². The van der Waals surface area contributed by atoms with Crippen LogP contribution in [0.2, 0.25) is 0 Å². The van der Waals surface area contributed by atoms with Gasteiger partial charge in [0.05, 0.1) is 18.1 Å². The van der Waals surface area contributed by atoms with Gasteiger partial charge in [-0.15, -0.1) is 0 Å². The van der Waals surface area contributed by atoms with E-state index < -0.39 is 0 Å². The maximum atomic E-state index is 12.9. The van der Waals surface area contributed by atoms with Crippen molar-refractivity contribution < 1.29 is 19.7 Å². The van der Waals surface area contributed by atoms with Crippen LogP contribution < -0.4 is 0 Å². The van der Waals surface area contributed by atoms with E-state index in [0.717, 1.165) is 51.4 Å². The lowest BCUT2D eigenvalue weighted by Gasteiger charge is -2.69. The summed E-state index contributed by atoms with van der Waals surface area (Å²) in [5.41, 5.74) is 1.48. The van der Waals surface area contributed by atoms with Gasteiger partial charge in [0.2, 0.25) is 0 Å². The van der Waals surface area contributed by atoms with E-state index in [9.17, 15) is 15.0 Å². The molecule has 0 aromatic carbocycles. The molecule has 186 valence electrons. The molecule has 0 aromatic rings. The molecule has 1 heterocycles. The van der Waals surface area contributed by atoms with Crippen LogP contribution in [0, 0.1) is 51.8 Å². The van der Waals surface area contributed by atoms with Crippen LogP contribution in [0.5, 0.6) is 0 Å². The van der Waals surface area contributed by atoms with Gasteiger partial charge in [-0.2, -0.15) is 0 Å². The zero-order valence-corrected chi connectivity index (χ0v) is 21.6. The molecule has 33 heavy (non-hydrogen) atoms. The third kappa shape index (κ3) is 3.18. The fourth-order valence-corrected chi connectivity index (χ4v) is 10.4. The predicted octanol–water partition coefficient (Wildman–Crippen LogP) is 5.51. The van der Waals surface area contributed by atoms with Gasteiger partial charge >= 0.3 is 5.97 Å². The average molecular weight is 459 g/mol. The molecule has 1 saturated heterocycles. The summed E-state index contributed by atoms with van der Waals surface area (Å²) in [5, 5.41) is 22.4. The van der Waals surface area contributed by atoms with Crippen LogP contribution in [0.15, 0.2) is 11.6 Å². The summed E-state index contributed by atoms with van der Waals surface area (Å²) in [5.74, 6) is 1.59. The summed E-state index contributed by atoms with van der Waals surface area (Å²) >= 11 is 0. The summed E-state index contributed by atoms with van der Waals surface area (Å²) in [6.45, 7) is 13.8. The van der Waals surface area contributed by atoms with Gasteiger partial charge in [0.1, 0.15) is 6.10 Å². The first-order valence-electron chi connectivity index (χ1n) is 13.6. The smallest absolute Gasteiger partial charge is 0.309 e. The van der Waals surface area contributed by atoms with Crippen molar-refractivity contribution in [3.05, 3.63) is 11.6 Å². The number of carbonyl (C=O) groups excluding carboxylic acids is 1. The number of carbonyl (C=O) groups is 1. The molecule has 5 fully saturated rings. The van der Waals surface area contributed by atoms with Crippen LogP contribution in [0.25, 0.3) is 0 Å². The monoisotopic (exact) mass is 458 g/mol. The number of fused-ring (bicyclic) bond motifs is 7. The summed E-state index contributed by atoms with van der Waals surface area (Å²) in [4.78, 5) is 12.9. The second kappa shape index (κ2) is 7.82. The predicted molar refractivity (Wildman–Crippen MR) is 129 cm³/mol. The number of aliphatic hydroxyl groups is 2. The highest BCUT2D eigenvalue weighted by atomic mass is 16.6. The number of allylic oxidation sites excluding steroid dienone is 2. The number of rotatable bonds is 3. The largest absolute Gasteiger partial charge is 0.462 e. The number of esters is 1. The highest BCUT2D eigenvalue weighted by Gasteiger charge is 2.73. The molecule has 4 saturated carbocycles. The molecule has 0 radical (unpaired) electrons. The van der Waals surface area contributed by atoms with Crippen LogP contribution in [-0.2, 0) is 9.53 Å². The Balaban J connectivity index is 1.48. The van der Waals surface area contributed by atoms with Gasteiger partial charge in [0.15, 0.2) is 0 Å². The molecule has 5 rings (SSSR count). The first-order chi connectivity index (χ1) is 15.4. The highest BCUT2D eigenvalue weighted by Crippen LogP contribution is 2.75. The van der Waals surface area contributed by atoms with E-state index in [0.29, 0.717) is 17.8 Å². The second-order valence-electron chi connectivity index (χ2n) is 13.6. The van der Waals surface area contributed by atoms with Crippen molar-refractivity contribution in [2.45, 2.75) is 111 Å². The van der Waals surface area contributed by atoms with Gasteiger partial charge in [-0.05, 0) is 105 Å². The van der Waals surface area contributed by atoms with Crippen LogP contribution in [0.1, 0.15) is 92.9 Å². The fourth-order valence-electron chi connectivity index (χ4n) is 10.4. The van der Waals surface area contributed by atoms with Gasteiger partial charge in [-0.25, -0.2) is 0 Å². The quantitative estimate of drug-likeness (QED) is 0.432. The van der Waals surface area contributed by atoms with Crippen molar-refractivity contribution >= 4 is 5.97 Å². The van der Waals surface area contributed by atoms with Gasteiger partial charge in [-0.1, -0.05) is 39.3 Å². The fraction of sp³-hybridized carbons (Fsp3) is 0.897. The Hall–Kier alpha value is -0.870. The van der Waals surface area contributed by atoms with Crippen LogP contribution in [0.3, 0.4) is 0 Å². The standard InChI is InChI=1S/C29H46O4/c1-16(2)8-7-9-18-24-20-14-22(31)25-27(4)12-11-21(30)17(3)19(27)10-13-28(25,5)29(20,6)15-23(24)33-26(18)32/h8,17-25,30-31H,7,9-15H2,1-6H3/t17-,18+,19-,20-,21+,22+,23-,24+,25-,27-,28-,29-/m0/s1. The molecular weight excluding hydrogens is 412 g/mol. The van der Waals surface area contributed by atoms with E-state index in [-0.39, 0.29) is 58.3 Å². The van der Waals surface area contributed by atoms with Gasteiger partial charge in [0.25, 0.3) is 0 Å². The first-order valence-corrected chi connectivity index (χ1v) is 13.6. The normalized spacial score (nSPS) is 55.2. The van der Waals surface area contributed by atoms with E-state index >= 15 is 0 Å². The Morgan fingerprint density at radius 2 is 1.79 bits per heavy atom. The van der Waals surface area contributed by atoms with Crippen molar-refractivity contribution in [2.24, 2.45) is 51.8 Å². The molecular formula is C29H46O4. The second-order valence-corrected chi connectivity index (χ2v) is 13.6. The minimum absolute atomic E-state index is 0.00161. The van der Waals surface area contributed by atoms with Crippen molar-refractivity contribution in [1.29, 1.82) is 0 Å². The molecule has 12 atom stereocenters. The zero-order valence-electron chi connectivity index (χ0n) is 21.6. The highest BCUT2D eigenvalue weighted by molar-refractivity contribution is 5.75. The van der Waals surface area contributed by atoms with E-state index in [2.05, 4.69) is 47.6 Å². The van der Waals surface area contributed by atoms with Crippen molar-refractivity contribution in [2.75, 3.05) is 0 Å². The molecule has 0 amide bonds. The average Bonchev–Trinajstić information content (AvgIpc) is 3.17. The topological polar surface area (TPSA) is 66.8 Å². The number of hydrogen-bond donors (Lipinski definition) is 2. The molecule has 0 bridgehead atoms. The molecule has 0 spiro atoms. The maximum absolute atomic E-state index is 12.9. The lowest BCUT2D eigenvalue weighted by atomic mass is 9.36. The Morgan fingerprint density at radius 3 is 2.48 bits per heavy atom. The SMILES string of the molecule is CC(C)=CCC[C@H]1C(=O)O[C@H]2C[C@@]3(C)[C@@H](C[C@@H](O)[C@H]4[C@@]5(C)CC[C@@H](O)[C@@H](C)[C@@H]5CC[C@@]43C)[C@H]21. The van der Waals surface area contributed by atoms with Crippen LogP contribution in [-0.4, -0.2) is 34.5 Å². The van der Waals surface area contributed by atoms with Gasteiger partial charge < -0.3 is 14.9 Å². The zero-order chi connectivity index (χ0) is 23.9. The molecule has 4 aliphatic carbocycles. The van der Waals surface area contributed by atoms with Crippen molar-refractivity contribution in [1.82, 2.24) is 0 Å². The Bertz CT molecular complexity index is 831. The van der Waals surface area contributed by atoms with E-state index in [1.54, 1.807) is 0 Å². The number of aliphatic hydroxyl groups excluding tert-OH is 2. The molecule has 2 N–H and O–H groups in total. The minimum Gasteiger partial charge on any atom is -0.462 e.